The molecule has 0 aromatic rings. The van der Waals surface area contributed by atoms with Crippen molar-refractivity contribution in [2.45, 2.75) is 53.4 Å². The quantitative estimate of drug-likeness (QED) is 0.756. The van der Waals surface area contributed by atoms with Crippen LogP contribution in [0.25, 0.3) is 0 Å². The molecule has 0 atom stereocenters. The van der Waals surface area contributed by atoms with Gasteiger partial charge in [0.2, 0.25) is 5.91 Å². The van der Waals surface area contributed by atoms with Gasteiger partial charge in [-0.1, -0.05) is 27.7 Å². The maximum absolute atomic E-state index is 12.5. The molecule has 17 heavy (non-hydrogen) atoms. The second kappa shape index (κ2) is 5.08. The predicted molar refractivity (Wildman–Crippen MR) is 68.2 cm³/mol. The van der Waals surface area contributed by atoms with E-state index < -0.39 is 5.41 Å². The molecule has 1 rings (SSSR count). The lowest BCUT2D eigenvalue weighted by Crippen LogP contribution is -2.49. The molecule has 1 saturated heterocycles. The molecule has 96 valence electrons. The SMILES string of the molecule is CCC(C#N)(CC)C(=O)N1CCCC(C)(C)C1. The molecule has 1 heterocycles. The van der Waals surface area contributed by atoms with Gasteiger partial charge in [-0.25, -0.2) is 0 Å². The van der Waals surface area contributed by atoms with Gasteiger partial charge >= 0.3 is 0 Å². The summed E-state index contributed by atoms with van der Waals surface area (Å²) in [5.74, 6) is 0.0396. The molecule has 1 fully saturated rings. The Balaban J connectivity index is 2.86. The van der Waals surface area contributed by atoms with Crippen LogP contribution in [0.1, 0.15) is 53.4 Å². The zero-order chi connectivity index (χ0) is 13.1. The van der Waals surface area contributed by atoms with Gasteiger partial charge in [0.25, 0.3) is 0 Å². The molecular formula is C14H24N2O. The van der Waals surface area contributed by atoms with Crippen molar-refractivity contribution in [1.82, 2.24) is 4.90 Å². The predicted octanol–water partition coefficient (Wildman–Crippen LogP) is 2.96. The van der Waals surface area contributed by atoms with E-state index in [1.165, 1.54) is 0 Å². The van der Waals surface area contributed by atoms with E-state index in [0.717, 1.165) is 25.9 Å². The summed E-state index contributed by atoms with van der Waals surface area (Å²) >= 11 is 0. The van der Waals surface area contributed by atoms with Gasteiger partial charge in [0.1, 0.15) is 5.41 Å². The standard InChI is InChI=1S/C14H24N2O/c1-5-14(6-2,10-15)12(17)16-9-7-8-13(3,4)11-16/h5-9,11H2,1-4H3. The lowest BCUT2D eigenvalue weighted by atomic mass is 9.79. The Morgan fingerprint density at radius 3 is 2.41 bits per heavy atom. The minimum absolute atomic E-state index is 0.0396. The Morgan fingerprint density at radius 2 is 2.00 bits per heavy atom. The first-order valence-electron chi connectivity index (χ1n) is 6.61. The highest BCUT2D eigenvalue weighted by atomic mass is 16.2. The first-order valence-corrected chi connectivity index (χ1v) is 6.61. The van der Waals surface area contributed by atoms with Gasteiger partial charge in [0.05, 0.1) is 6.07 Å². The number of piperidine rings is 1. The molecule has 0 aromatic heterocycles. The van der Waals surface area contributed by atoms with Crippen molar-refractivity contribution in [3.63, 3.8) is 0 Å². The van der Waals surface area contributed by atoms with Crippen molar-refractivity contribution in [2.24, 2.45) is 10.8 Å². The molecule has 0 spiro atoms. The number of nitrogens with zero attached hydrogens (tertiary/aromatic N) is 2. The molecule has 0 unspecified atom stereocenters. The van der Waals surface area contributed by atoms with Crippen LogP contribution in [-0.4, -0.2) is 23.9 Å². The van der Waals surface area contributed by atoms with E-state index in [0.29, 0.717) is 12.8 Å². The molecule has 1 aliphatic heterocycles. The fourth-order valence-corrected chi connectivity index (χ4v) is 2.66. The molecule has 0 radical (unpaired) electrons. The number of hydrogen-bond acceptors (Lipinski definition) is 2. The van der Waals surface area contributed by atoms with E-state index in [1.54, 1.807) is 0 Å². The number of hydrogen-bond donors (Lipinski definition) is 0. The topological polar surface area (TPSA) is 44.1 Å². The molecule has 0 bridgehead atoms. The summed E-state index contributed by atoms with van der Waals surface area (Å²) in [6.07, 6.45) is 3.42. The lowest BCUT2D eigenvalue weighted by molar-refractivity contribution is -0.142. The average Bonchev–Trinajstić information content (AvgIpc) is 2.30. The van der Waals surface area contributed by atoms with Crippen LogP contribution < -0.4 is 0 Å². The van der Waals surface area contributed by atoms with E-state index >= 15 is 0 Å². The fourth-order valence-electron chi connectivity index (χ4n) is 2.66. The monoisotopic (exact) mass is 236 g/mol. The Kier molecular flexibility index (Phi) is 4.19. The van der Waals surface area contributed by atoms with Gasteiger partial charge in [-0.3, -0.25) is 4.79 Å². The largest absolute Gasteiger partial charge is 0.341 e. The lowest BCUT2D eigenvalue weighted by Gasteiger charge is -2.41. The van der Waals surface area contributed by atoms with Crippen LogP contribution in [0.4, 0.5) is 0 Å². The Morgan fingerprint density at radius 1 is 1.41 bits per heavy atom. The van der Waals surface area contributed by atoms with Crippen molar-refractivity contribution < 1.29 is 4.79 Å². The third-order valence-corrected chi connectivity index (χ3v) is 4.02. The third kappa shape index (κ3) is 2.80. The van der Waals surface area contributed by atoms with Crippen LogP contribution in [0.15, 0.2) is 0 Å². The van der Waals surface area contributed by atoms with E-state index in [9.17, 15) is 10.1 Å². The summed E-state index contributed by atoms with van der Waals surface area (Å²) in [7, 11) is 0. The van der Waals surface area contributed by atoms with E-state index in [4.69, 9.17) is 0 Å². The van der Waals surface area contributed by atoms with Gasteiger partial charge < -0.3 is 4.90 Å². The van der Waals surface area contributed by atoms with Gasteiger partial charge in [-0.2, -0.15) is 5.26 Å². The summed E-state index contributed by atoms with van der Waals surface area (Å²) in [6.45, 7) is 9.84. The highest BCUT2D eigenvalue weighted by Crippen LogP contribution is 2.34. The second-order valence-corrected chi connectivity index (χ2v) is 5.90. The molecule has 1 amide bonds. The van der Waals surface area contributed by atoms with Crippen LogP contribution in [-0.2, 0) is 4.79 Å². The Labute approximate surface area is 105 Å². The molecule has 0 aromatic carbocycles. The number of carbonyl (C=O) groups excluding carboxylic acids is 1. The maximum atomic E-state index is 12.5. The molecule has 3 heteroatoms. The summed E-state index contributed by atoms with van der Waals surface area (Å²) < 4.78 is 0. The number of amides is 1. The van der Waals surface area contributed by atoms with E-state index in [2.05, 4.69) is 19.9 Å². The number of rotatable bonds is 3. The van der Waals surface area contributed by atoms with Crippen molar-refractivity contribution in [3.8, 4) is 6.07 Å². The number of likely N-dealkylation sites (tertiary alicyclic amines) is 1. The smallest absolute Gasteiger partial charge is 0.243 e. The second-order valence-electron chi connectivity index (χ2n) is 5.90. The maximum Gasteiger partial charge on any atom is 0.243 e. The highest BCUT2D eigenvalue weighted by Gasteiger charge is 2.41. The molecule has 1 aliphatic rings. The summed E-state index contributed by atoms with van der Waals surface area (Å²) in [5, 5.41) is 9.31. The highest BCUT2D eigenvalue weighted by molar-refractivity contribution is 5.85. The van der Waals surface area contributed by atoms with Crippen molar-refractivity contribution in [1.29, 1.82) is 5.26 Å². The Bertz CT molecular complexity index is 324. The van der Waals surface area contributed by atoms with Crippen LogP contribution in [0.3, 0.4) is 0 Å². The van der Waals surface area contributed by atoms with Gasteiger partial charge in [-0.05, 0) is 31.1 Å². The van der Waals surface area contributed by atoms with Crippen molar-refractivity contribution in [2.75, 3.05) is 13.1 Å². The summed E-state index contributed by atoms with van der Waals surface area (Å²) in [6, 6.07) is 2.25. The Hall–Kier alpha value is -1.04. The normalized spacial score (nSPS) is 19.8. The zero-order valence-corrected chi connectivity index (χ0v) is 11.5. The third-order valence-electron chi connectivity index (χ3n) is 4.02. The van der Waals surface area contributed by atoms with Crippen LogP contribution in [0.5, 0.6) is 0 Å². The van der Waals surface area contributed by atoms with Gasteiger partial charge in [0, 0.05) is 13.1 Å². The minimum Gasteiger partial charge on any atom is -0.341 e. The molecule has 0 N–H and O–H groups in total. The number of carbonyl (C=O) groups is 1. The molecule has 0 aliphatic carbocycles. The summed E-state index contributed by atoms with van der Waals surface area (Å²) in [4.78, 5) is 14.4. The molecule has 0 saturated carbocycles. The van der Waals surface area contributed by atoms with E-state index in [-0.39, 0.29) is 11.3 Å². The van der Waals surface area contributed by atoms with Crippen molar-refractivity contribution in [3.05, 3.63) is 0 Å². The van der Waals surface area contributed by atoms with Gasteiger partial charge in [0.15, 0.2) is 0 Å². The van der Waals surface area contributed by atoms with Crippen LogP contribution >= 0.6 is 0 Å². The number of nitriles is 1. The van der Waals surface area contributed by atoms with Crippen molar-refractivity contribution >= 4 is 5.91 Å². The average molecular weight is 236 g/mol. The fraction of sp³-hybridized carbons (Fsp3) is 0.857. The first kappa shape index (κ1) is 14.0. The van der Waals surface area contributed by atoms with E-state index in [1.807, 2.05) is 18.7 Å². The van der Waals surface area contributed by atoms with Crippen LogP contribution in [0, 0.1) is 22.2 Å². The van der Waals surface area contributed by atoms with Gasteiger partial charge in [-0.15, -0.1) is 0 Å². The summed E-state index contributed by atoms with van der Waals surface area (Å²) in [5.41, 5.74) is -0.607. The first-order chi connectivity index (χ1) is 7.90. The minimum atomic E-state index is -0.798. The molecular weight excluding hydrogens is 212 g/mol. The van der Waals surface area contributed by atoms with Crippen LogP contribution in [0.2, 0.25) is 0 Å². The zero-order valence-electron chi connectivity index (χ0n) is 11.5. The molecule has 3 nitrogen and oxygen atoms in total.